The van der Waals surface area contributed by atoms with E-state index in [4.69, 9.17) is 0 Å². The molecule has 4 heteroatoms. The number of fused-ring (bicyclic) bond motifs is 2. The molecular weight excluding hydrogens is 298 g/mol. The summed E-state index contributed by atoms with van der Waals surface area (Å²) in [6, 6.07) is 16.5. The van der Waals surface area contributed by atoms with Gasteiger partial charge in [-0.2, -0.15) is 0 Å². The molecule has 1 amide bonds. The number of H-pyrrole nitrogens is 1. The third-order valence-corrected chi connectivity index (χ3v) is 4.46. The molecule has 0 aliphatic heterocycles. The Morgan fingerprint density at radius 1 is 1.04 bits per heavy atom. The average molecular weight is 317 g/mol. The third kappa shape index (κ3) is 2.27. The van der Waals surface area contributed by atoms with Crippen molar-refractivity contribution in [2.24, 2.45) is 0 Å². The predicted octanol–water partition coefficient (Wildman–Crippen LogP) is 3.74. The fraction of sp³-hybridized carbons (Fsp3) is 0.150. The van der Waals surface area contributed by atoms with Gasteiger partial charge >= 0.3 is 0 Å². The van der Waals surface area contributed by atoms with Gasteiger partial charge in [-0.05, 0) is 17.7 Å². The largest absolute Gasteiger partial charge is 0.359 e. The minimum Gasteiger partial charge on any atom is -0.359 e. The fourth-order valence-corrected chi connectivity index (χ4v) is 3.17. The third-order valence-electron chi connectivity index (χ3n) is 4.46. The normalized spacial score (nSPS) is 11.2. The van der Waals surface area contributed by atoms with E-state index in [-0.39, 0.29) is 5.91 Å². The lowest BCUT2D eigenvalue weighted by Gasteiger charge is -2.09. The number of hydrogen-bond acceptors (Lipinski definition) is 1. The summed E-state index contributed by atoms with van der Waals surface area (Å²) in [7, 11) is 3.59. The highest BCUT2D eigenvalue weighted by Gasteiger charge is 2.15. The smallest absolute Gasteiger partial charge is 0.226 e. The molecule has 0 bridgehead atoms. The molecule has 0 saturated carbocycles. The number of amides is 1. The van der Waals surface area contributed by atoms with Crippen molar-refractivity contribution in [3.05, 3.63) is 66.5 Å². The zero-order valence-corrected chi connectivity index (χ0v) is 13.8. The van der Waals surface area contributed by atoms with Gasteiger partial charge in [0.1, 0.15) is 0 Å². The molecule has 0 aliphatic rings. The van der Waals surface area contributed by atoms with E-state index < -0.39 is 0 Å². The van der Waals surface area contributed by atoms with E-state index >= 15 is 0 Å². The maximum atomic E-state index is 12.2. The highest BCUT2D eigenvalue weighted by molar-refractivity contribution is 5.94. The van der Waals surface area contributed by atoms with Gasteiger partial charge in [0.15, 0.2) is 0 Å². The lowest BCUT2D eigenvalue weighted by Crippen LogP contribution is -2.23. The molecule has 0 atom stereocenters. The van der Waals surface area contributed by atoms with Crippen LogP contribution in [0.2, 0.25) is 0 Å². The second kappa shape index (κ2) is 5.57. The number of carbonyl (C=O) groups is 1. The highest BCUT2D eigenvalue weighted by atomic mass is 16.2. The van der Waals surface area contributed by atoms with Crippen molar-refractivity contribution in [1.29, 1.82) is 0 Å². The molecule has 0 fully saturated rings. The van der Waals surface area contributed by atoms with Crippen LogP contribution >= 0.6 is 0 Å². The van der Waals surface area contributed by atoms with Gasteiger partial charge < -0.3 is 14.5 Å². The van der Waals surface area contributed by atoms with Crippen LogP contribution in [0, 0.1) is 0 Å². The first-order valence-corrected chi connectivity index (χ1v) is 8.01. The van der Waals surface area contributed by atoms with E-state index in [1.807, 2.05) is 30.5 Å². The lowest BCUT2D eigenvalue weighted by molar-refractivity contribution is -0.127. The van der Waals surface area contributed by atoms with Gasteiger partial charge in [-0.25, -0.2) is 0 Å². The summed E-state index contributed by atoms with van der Waals surface area (Å²) in [5, 5.41) is 2.29. The first-order chi connectivity index (χ1) is 11.6. The van der Waals surface area contributed by atoms with Crippen molar-refractivity contribution < 1.29 is 4.79 Å². The molecule has 2 aromatic carbocycles. The summed E-state index contributed by atoms with van der Waals surface area (Å²) in [5.74, 6) is 0.108. The Labute approximate surface area is 140 Å². The molecule has 24 heavy (non-hydrogen) atoms. The van der Waals surface area contributed by atoms with Gasteiger partial charge in [0.2, 0.25) is 5.91 Å². The molecule has 1 N–H and O–H groups in total. The Morgan fingerprint density at radius 2 is 1.75 bits per heavy atom. The van der Waals surface area contributed by atoms with Gasteiger partial charge in [-0.3, -0.25) is 4.79 Å². The zero-order chi connectivity index (χ0) is 16.7. The Kier molecular flexibility index (Phi) is 3.38. The van der Waals surface area contributed by atoms with E-state index in [0.29, 0.717) is 6.42 Å². The summed E-state index contributed by atoms with van der Waals surface area (Å²) < 4.78 is 2.17. The summed E-state index contributed by atoms with van der Waals surface area (Å²) in [6.07, 6.45) is 4.51. The fourth-order valence-electron chi connectivity index (χ4n) is 3.17. The molecule has 0 unspecified atom stereocenters. The molecular formula is C20H19N3O. The maximum absolute atomic E-state index is 12.2. The van der Waals surface area contributed by atoms with Crippen LogP contribution in [-0.2, 0) is 11.2 Å². The molecule has 2 aromatic heterocycles. The van der Waals surface area contributed by atoms with Crippen LogP contribution in [0.25, 0.3) is 27.5 Å². The Morgan fingerprint density at radius 3 is 2.54 bits per heavy atom. The Hall–Kier alpha value is -3.01. The molecule has 4 nitrogen and oxygen atoms in total. The van der Waals surface area contributed by atoms with Crippen molar-refractivity contribution in [1.82, 2.24) is 14.5 Å². The quantitative estimate of drug-likeness (QED) is 0.614. The van der Waals surface area contributed by atoms with Crippen molar-refractivity contribution in [3.8, 4) is 5.69 Å². The van der Waals surface area contributed by atoms with Crippen LogP contribution in [0.1, 0.15) is 5.56 Å². The number of aromatic nitrogens is 2. The minimum absolute atomic E-state index is 0.108. The molecule has 0 aliphatic carbocycles. The predicted molar refractivity (Wildman–Crippen MR) is 97.5 cm³/mol. The summed E-state index contributed by atoms with van der Waals surface area (Å²) in [4.78, 5) is 17.1. The monoisotopic (exact) mass is 317 g/mol. The first-order valence-electron chi connectivity index (χ1n) is 8.01. The molecule has 120 valence electrons. The van der Waals surface area contributed by atoms with Crippen LogP contribution < -0.4 is 0 Å². The minimum atomic E-state index is 0.108. The number of hydrogen-bond donors (Lipinski definition) is 1. The Balaban J connectivity index is 1.92. The van der Waals surface area contributed by atoms with E-state index in [1.54, 1.807) is 19.0 Å². The molecule has 4 aromatic rings. The number of para-hydroxylation sites is 2. The second-order valence-electron chi connectivity index (χ2n) is 6.23. The Bertz CT molecular complexity index is 1040. The highest BCUT2D eigenvalue weighted by Crippen LogP contribution is 2.29. The molecule has 0 radical (unpaired) electrons. The van der Waals surface area contributed by atoms with E-state index in [0.717, 1.165) is 27.7 Å². The van der Waals surface area contributed by atoms with Crippen molar-refractivity contribution in [2.75, 3.05) is 14.1 Å². The number of nitrogens with one attached hydrogen (secondary N) is 1. The molecule has 2 heterocycles. The zero-order valence-electron chi connectivity index (χ0n) is 13.8. The van der Waals surface area contributed by atoms with Gasteiger partial charge in [0, 0.05) is 42.8 Å². The van der Waals surface area contributed by atoms with Gasteiger partial charge in [-0.15, -0.1) is 0 Å². The maximum Gasteiger partial charge on any atom is 0.226 e. The number of aromatic amines is 1. The van der Waals surface area contributed by atoms with E-state index in [1.165, 1.54) is 5.39 Å². The van der Waals surface area contributed by atoms with Crippen LogP contribution in [0.4, 0.5) is 0 Å². The van der Waals surface area contributed by atoms with Crippen molar-refractivity contribution in [3.63, 3.8) is 0 Å². The van der Waals surface area contributed by atoms with Crippen molar-refractivity contribution >= 4 is 27.7 Å². The summed E-state index contributed by atoms with van der Waals surface area (Å²) in [6.45, 7) is 0. The summed E-state index contributed by atoms with van der Waals surface area (Å²) in [5.41, 5.74) is 4.37. The number of rotatable bonds is 3. The number of carbonyl (C=O) groups excluding carboxylic acids is 1. The lowest BCUT2D eigenvalue weighted by atomic mass is 10.1. The van der Waals surface area contributed by atoms with Crippen LogP contribution in [0.3, 0.4) is 0 Å². The average Bonchev–Trinajstić information content (AvgIpc) is 3.16. The van der Waals surface area contributed by atoms with Gasteiger partial charge in [0.05, 0.1) is 17.6 Å². The topological polar surface area (TPSA) is 41.0 Å². The number of nitrogens with zero attached hydrogens (tertiary/aromatic N) is 2. The molecule has 0 spiro atoms. The standard InChI is InChI=1S/C20H19N3O/c1-22(2)20(24)11-14-13-23(18-10-6-4-7-15(14)18)19-12-21-17-9-5-3-8-16(17)19/h3-10,12-13,21H,11H2,1-2H3. The SMILES string of the molecule is CN(C)C(=O)Cc1cn(-c2c[nH]c3ccccc23)c2ccccc12. The second-order valence-corrected chi connectivity index (χ2v) is 6.23. The van der Waals surface area contributed by atoms with E-state index in [2.05, 4.69) is 40.0 Å². The number of likely N-dealkylation sites (N-methyl/N-ethyl adjacent to an activating group) is 1. The summed E-state index contributed by atoms with van der Waals surface area (Å²) >= 11 is 0. The van der Waals surface area contributed by atoms with Crippen LogP contribution in [-0.4, -0.2) is 34.5 Å². The van der Waals surface area contributed by atoms with Gasteiger partial charge in [-0.1, -0.05) is 36.4 Å². The molecule has 0 saturated heterocycles. The number of benzene rings is 2. The van der Waals surface area contributed by atoms with E-state index in [9.17, 15) is 4.79 Å². The first kappa shape index (κ1) is 14.6. The molecule has 4 rings (SSSR count). The van der Waals surface area contributed by atoms with Gasteiger partial charge in [0.25, 0.3) is 0 Å². The van der Waals surface area contributed by atoms with Crippen LogP contribution in [0.5, 0.6) is 0 Å². The van der Waals surface area contributed by atoms with Crippen LogP contribution in [0.15, 0.2) is 60.9 Å². The van der Waals surface area contributed by atoms with Crippen molar-refractivity contribution in [2.45, 2.75) is 6.42 Å².